The molecule has 4 heteroatoms. The summed E-state index contributed by atoms with van der Waals surface area (Å²) in [5.41, 5.74) is 1.09. The molecule has 2 atom stereocenters. The molecule has 2 aromatic rings. The fourth-order valence-electron chi connectivity index (χ4n) is 2.11. The maximum atomic E-state index is 6.09. The van der Waals surface area contributed by atoms with Gasteiger partial charge in [-0.1, -0.05) is 41.9 Å². The number of halogens is 1. The summed E-state index contributed by atoms with van der Waals surface area (Å²) in [7, 11) is 1.60. The van der Waals surface area contributed by atoms with Crippen molar-refractivity contribution in [3.63, 3.8) is 0 Å². The van der Waals surface area contributed by atoms with Crippen molar-refractivity contribution in [2.75, 3.05) is 13.7 Å². The second-order valence-corrected chi connectivity index (χ2v) is 5.05. The molecule has 0 radical (unpaired) electrons. The molecule has 1 aliphatic rings. The highest BCUT2D eigenvalue weighted by Crippen LogP contribution is 2.37. The Labute approximate surface area is 123 Å². The molecule has 2 aromatic carbocycles. The summed E-state index contributed by atoms with van der Waals surface area (Å²) >= 11 is 5.96. The number of hydrogen-bond donors (Lipinski definition) is 0. The summed E-state index contributed by atoms with van der Waals surface area (Å²) in [6, 6.07) is 15.4. The molecule has 1 aliphatic heterocycles. The molecule has 20 heavy (non-hydrogen) atoms. The Hall–Kier alpha value is -1.71. The Bertz CT molecular complexity index is 582. The van der Waals surface area contributed by atoms with Crippen LogP contribution in [0.2, 0.25) is 5.02 Å². The summed E-state index contributed by atoms with van der Waals surface area (Å²) in [4.78, 5) is 0. The van der Waals surface area contributed by atoms with Gasteiger partial charge in [-0.25, -0.2) is 0 Å². The van der Waals surface area contributed by atoms with Crippen LogP contribution < -0.4 is 9.47 Å². The molecule has 0 N–H and O–H groups in total. The molecule has 0 amide bonds. The molecule has 3 rings (SSSR count). The van der Waals surface area contributed by atoms with E-state index in [1.165, 1.54) is 0 Å². The first-order valence-electron chi connectivity index (χ1n) is 6.44. The molecule has 1 fully saturated rings. The van der Waals surface area contributed by atoms with E-state index in [-0.39, 0.29) is 12.2 Å². The smallest absolute Gasteiger partial charge is 0.162 e. The van der Waals surface area contributed by atoms with E-state index in [1.807, 2.05) is 36.4 Å². The third-order valence-corrected chi connectivity index (χ3v) is 3.44. The van der Waals surface area contributed by atoms with Crippen LogP contribution in [0.25, 0.3) is 0 Å². The van der Waals surface area contributed by atoms with Gasteiger partial charge in [-0.2, -0.15) is 0 Å². The van der Waals surface area contributed by atoms with Crippen molar-refractivity contribution in [2.24, 2.45) is 0 Å². The van der Waals surface area contributed by atoms with Crippen LogP contribution in [0.5, 0.6) is 11.5 Å². The Morgan fingerprint density at radius 2 is 1.90 bits per heavy atom. The summed E-state index contributed by atoms with van der Waals surface area (Å²) in [6.45, 7) is 0.718. The van der Waals surface area contributed by atoms with Crippen LogP contribution in [-0.4, -0.2) is 19.8 Å². The van der Waals surface area contributed by atoms with Gasteiger partial charge in [0.15, 0.2) is 17.6 Å². The number of ether oxygens (including phenoxy) is 3. The van der Waals surface area contributed by atoms with Gasteiger partial charge >= 0.3 is 0 Å². The molecule has 3 nitrogen and oxygen atoms in total. The maximum Gasteiger partial charge on any atom is 0.162 e. The van der Waals surface area contributed by atoms with Crippen LogP contribution in [0.15, 0.2) is 48.5 Å². The van der Waals surface area contributed by atoms with Gasteiger partial charge in [0.1, 0.15) is 6.10 Å². The van der Waals surface area contributed by atoms with E-state index in [4.69, 9.17) is 25.8 Å². The molecule has 0 saturated carbocycles. The van der Waals surface area contributed by atoms with Gasteiger partial charge in [0, 0.05) is 11.1 Å². The van der Waals surface area contributed by atoms with Crippen LogP contribution in [0.1, 0.15) is 11.7 Å². The molecule has 1 saturated heterocycles. The summed E-state index contributed by atoms with van der Waals surface area (Å²) in [6.07, 6.45) is -0.0379. The van der Waals surface area contributed by atoms with Gasteiger partial charge in [-0.15, -0.1) is 0 Å². The van der Waals surface area contributed by atoms with Crippen LogP contribution in [0.3, 0.4) is 0 Å². The molecule has 0 spiro atoms. The average Bonchev–Trinajstić information content (AvgIpc) is 3.31. The first-order chi connectivity index (χ1) is 9.78. The first kappa shape index (κ1) is 13.3. The number of benzene rings is 2. The first-order valence-corrected chi connectivity index (χ1v) is 6.82. The second kappa shape index (κ2) is 5.73. The average molecular weight is 291 g/mol. The normalized spacial score (nSPS) is 18.4. The van der Waals surface area contributed by atoms with Crippen molar-refractivity contribution in [1.29, 1.82) is 0 Å². The van der Waals surface area contributed by atoms with E-state index in [2.05, 4.69) is 0 Å². The Morgan fingerprint density at radius 3 is 2.55 bits per heavy atom. The molecule has 0 bridgehead atoms. The lowest BCUT2D eigenvalue weighted by Gasteiger charge is -2.19. The van der Waals surface area contributed by atoms with Gasteiger partial charge in [0.25, 0.3) is 0 Å². The maximum absolute atomic E-state index is 6.09. The number of rotatable bonds is 5. The van der Waals surface area contributed by atoms with E-state index in [0.717, 1.165) is 12.2 Å². The van der Waals surface area contributed by atoms with E-state index in [9.17, 15) is 0 Å². The van der Waals surface area contributed by atoms with Gasteiger partial charge < -0.3 is 14.2 Å². The van der Waals surface area contributed by atoms with Crippen molar-refractivity contribution in [1.82, 2.24) is 0 Å². The van der Waals surface area contributed by atoms with Gasteiger partial charge in [0.05, 0.1) is 13.7 Å². The van der Waals surface area contributed by atoms with Crippen molar-refractivity contribution in [2.45, 2.75) is 12.2 Å². The Morgan fingerprint density at radius 1 is 1.15 bits per heavy atom. The fraction of sp³-hybridized carbons (Fsp3) is 0.250. The molecule has 104 valence electrons. The van der Waals surface area contributed by atoms with E-state index in [0.29, 0.717) is 16.5 Å². The van der Waals surface area contributed by atoms with Crippen molar-refractivity contribution >= 4 is 11.6 Å². The Balaban J connectivity index is 1.87. The Kier molecular flexibility index (Phi) is 3.81. The van der Waals surface area contributed by atoms with Crippen LogP contribution in [0.4, 0.5) is 0 Å². The fourth-order valence-corrected chi connectivity index (χ4v) is 2.27. The van der Waals surface area contributed by atoms with E-state index < -0.39 is 0 Å². The lowest BCUT2D eigenvalue weighted by molar-refractivity contribution is 0.156. The third kappa shape index (κ3) is 2.89. The molecule has 1 heterocycles. The zero-order valence-electron chi connectivity index (χ0n) is 11.1. The largest absolute Gasteiger partial charge is 0.493 e. The third-order valence-electron chi connectivity index (χ3n) is 3.20. The lowest BCUT2D eigenvalue weighted by atomic mass is 10.1. The number of methoxy groups -OCH3 is 1. The minimum absolute atomic E-state index is 0.0952. The topological polar surface area (TPSA) is 31.0 Å². The summed E-state index contributed by atoms with van der Waals surface area (Å²) in [5.74, 6) is 1.29. The lowest BCUT2D eigenvalue weighted by Crippen LogP contribution is -2.14. The molecule has 0 aliphatic carbocycles. The van der Waals surface area contributed by atoms with Crippen molar-refractivity contribution in [3.8, 4) is 11.5 Å². The minimum atomic E-state index is -0.133. The van der Waals surface area contributed by atoms with Crippen molar-refractivity contribution < 1.29 is 14.2 Å². The van der Waals surface area contributed by atoms with E-state index >= 15 is 0 Å². The van der Waals surface area contributed by atoms with Gasteiger partial charge in [0.2, 0.25) is 0 Å². The van der Waals surface area contributed by atoms with E-state index in [1.54, 1.807) is 19.2 Å². The number of epoxide rings is 1. The molecule has 0 aromatic heterocycles. The monoisotopic (exact) mass is 290 g/mol. The zero-order valence-corrected chi connectivity index (χ0v) is 11.8. The highest BCUT2D eigenvalue weighted by atomic mass is 35.5. The molecular weight excluding hydrogens is 276 g/mol. The zero-order chi connectivity index (χ0) is 13.9. The predicted octanol–water partition coefficient (Wildman–Crippen LogP) is 3.87. The molecule has 1 unspecified atom stereocenters. The van der Waals surface area contributed by atoms with Crippen molar-refractivity contribution in [3.05, 3.63) is 59.1 Å². The predicted molar refractivity (Wildman–Crippen MR) is 77.6 cm³/mol. The number of hydrogen-bond acceptors (Lipinski definition) is 3. The van der Waals surface area contributed by atoms with Crippen LogP contribution >= 0.6 is 11.6 Å². The highest BCUT2D eigenvalue weighted by Gasteiger charge is 2.36. The minimum Gasteiger partial charge on any atom is -0.493 e. The van der Waals surface area contributed by atoms with Gasteiger partial charge in [-0.3, -0.25) is 0 Å². The van der Waals surface area contributed by atoms with Crippen LogP contribution in [-0.2, 0) is 4.74 Å². The standard InChI is InChI=1S/C16H15ClO3/c1-18-14-9-12(17)7-8-13(14)20-16(15-10-19-15)11-5-3-2-4-6-11/h2-9,15-16H,10H2,1H3/t15-,16?/m1/s1. The summed E-state index contributed by atoms with van der Waals surface area (Å²) in [5, 5.41) is 0.619. The second-order valence-electron chi connectivity index (χ2n) is 4.62. The molecular formula is C16H15ClO3. The van der Waals surface area contributed by atoms with Gasteiger partial charge in [-0.05, 0) is 17.7 Å². The summed E-state index contributed by atoms with van der Waals surface area (Å²) < 4.78 is 16.8. The SMILES string of the molecule is COc1cc(Cl)ccc1OC(c1ccccc1)[C@H]1CO1. The quantitative estimate of drug-likeness (QED) is 0.783. The van der Waals surface area contributed by atoms with Crippen LogP contribution in [0, 0.1) is 0 Å². The highest BCUT2D eigenvalue weighted by molar-refractivity contribution is 6.30.